The van der Waals surface area contributed by atoms with Crippen LogP contribution in [0, 0.1) is 11.3 Å². The van der Waals surface area contributed by atoms with E-state index >= 15 is 0 Å². The van der Waals surface area contributed by atoms with E-state index in [0.717, 1.165) is 18.0 Å². The zero-order valence-electron chi connectivity index (χ0n) is 16.4. The molecule has 0 amide bonds. The lowest BCUT2D eigenvalue weighted by atomic mass is 9.82. The van der Waals surface area contributed by atoms with Crippen molar-refractivity contribution < 1.29 is 0 Å². The van der Waals surface area contributed by atoms with Crippen molar-refractivity contribution in [3.8, 4) is 0 Å². The number of nitrogens with zero attached hydrogens (tertiary/aromatic N) is 3. The van der Waals surface area contributed by atoms with Gasteiger partial charge < -0.3 is 0 Å². The van der Waals surface area contributed by atoms with Crippen molar-refractivity contribution in [2.45, 2.75) is 78.4 Å². The maximum atomic E-state index is 2.79. The Morgan fingerprint density at radius 2 is 1.43 bits per heavy atom. The van der Waals surface area contributed by atoms with Gasteiger partial charge >= 0.3 is 0 Å². The molecular formula is C20H39N3. The van der Waals surface area contributed by atoms with Gasteiger partial charge in [0.25, 0.3) is 0 Å². The number of piperazine rings is 1. The normalized spacial score (nSPS) is 32.1. The van der Waals surface area contributed by atoms with Crippen molar-refractivity contribution >= 4 is 0 Å². The third kappa shape index (κ3) is 4.29. The van der Waals surface area contributed by atoms with Gasteiger partial charge in [0.1, 0.15) is 0 Å². The van der Waals surface area contributed by atoms with Crippen LogP contribution in [0.25, 0.3) is 0 Å². The van der Waals surface area contributed by atoms with Gasteiger partial charge in [-0.3, -0.25) is 14.7 Å². The molecule has 0 N–H and O–H groups in total. The van der Waals surface area contributed by atoms with Gasteiger partial charge in [-0.25, -0.2) is 0 Å². The van der Waals surface area contributed by atoms with Gasteiger partial charge in [0.2, 0.25) is 0 Å². The van der Waals surface area contributed by atoms with Crippen molar-refractivity contribution in [1.29, 1.82) is 0 Å². The third-order valence-electron chi connectivity index (χ3n) is 6.16. The van der Waals surface area contributed by atoms with E-state index in [1.807, 2.05) is 0 Å². The second kappa shape index (κ2) is 6.31. The van der Waals surface area contributed by atoms with Crippen LogP contribution < -0.4 is 0 Å². The molecule has 2 bridgehead atoms. The Kier molecular flexibility index (Phi) is 4.85. The van der Waals surface area contributed by atoms with Crippen LogP contribution in [0.15, 0.2) is 0 Å². The molecule has 3 nitrogen and oxygen atoms in total. The molecule has 0 aromatic rings. The predicted octanol–water partition coefficient (Wildman–Crippen LogP) is 3.30. The molecule has 0 aliphatic carbocycles. The summed E-state index contributed by atoms with van der Waals surface area (Å²) in [5.74, 6) is 0.933. The zero-order chi connectivity index (χ0) is 16.8. The van der Waals surface area contributed by atoms with Crippen LogP contribution in [-0.2, 0) is 0 Å². The topological polar surface area (TPSA) is 9.72 Å². The van der Waals surface area contributed by atoms with Gasteiger partial charge in [-0.2, -0.15) is 0 Å². The SMILES string of the molecule is CC(C)(C)CN1C2CC1CN(CC1CCN(C(C)(C)C)CC1)C2. The molecule has 4 fully saturated rings. The second-order valence-corrected chi connectivity index (χ2v) is 10.6. The van der Waals surface area contributed by atoms with E-state index in [2.05, 4.69) is 56.2 Å². The minimum atomic E-state index is 0.352. The Bertz CT molecular complexity index is 386. The number of likely N-dealkylation sites (tertiary alicyclic amines) is 1. The molecule has 0 spiro atoms. The summed E-state index contributed by atoms with van der Waals surface area (Å²) in [7, 11) is 0. The molecule has 4 heterocycles. The lowest BCUT2D eigenvalue weighted by Gasteiger charge is -2.58. The van der Waals surface area contributed by atoms with Crippen LogP contribution in [0.4, 0.5) is 0 Å². The monoisotopic (exact) mass is 321 g/mol. The Morgan fingerprint density at radius 1 is 0.870 bits per heavy atom. The summed E-state index contributed by atoms with van der Waals surface area (Å²) in [6.07, 6.45) is 4.25. The van der Waals surface area contributed by atoms with E-state index in [1.54, 1.807) is 0 Å². The summed E-state index contributed by atoms with van der Waals surface area (Å²) >= 11 is 0. The molecule has 0 saturated carbocycles. The van der Waals surface area contributed by atoms with Crippen LogP contribution in [0.5, 0.6) is 0 Å². The number of piperidine rings is 2. The fourth-order valence-electron chi connectivity index (χ4n) is 4.88. The van der Waals surface area contributed by atoms with E-state index in [9.17, 15) is 0 Å². The van der Waals surface area contributed by atoms with E-state index in [0.29, 0.717) is 11.0 Å². The first-order valence-electron chi connectivity index (χ1n) is 9.85. The maximum absolute atomic E-state index is 2.79. The maximum Gasteiger partial charge on any atom is 0.0242 e. The van der Waals surface area contributed by atoms with Gasteiger partial charge in [0, 0.05) is 43.8 Å². The van der Waals surface area contributed by atoms with Crippen molar-refractivity contribution in [1.82, 2.24) is 14.7 Å². The summed E-state index contributed by atoms with van der Waals surface area (Å²) < 4.78 is 0. The Morgan fingerprint density at radius 3 is 1.91 bits per heavy atom. The van der Waals surface area contributed by atoms with Crippen molar-refractivity contribution in [2.75, 3.05) is 39.3 Å². The van der Waals surface area contributed by atoms with Gasteiger partial charge in [-0.1, -0.05) is 20.8 Å². The molecule has 23 heavy (non-hydrogen) atoms. The lowest BCUT2D eigenvalue weighted by molar-refractivity contribution is -0.0891. The van der Waals surface area contributed by atoms with Crippen LogP contribution >= 0.6 is 0 Å². The van der Waals surface area contributed by atoms with Crippen molar-refractivity contribution in [3.63, 3.8) is 0 Å². The van der Waals surface area contributed by atoms with Crippen LogP contribution in [0.3, 0.4) is 0 Å². The van der Waals surface area contributed by atoms with Gasteiger partial charge in [0.05, 0.1) is 0 Å². The van der Waals surface area contributed by atoms with Crippen molar-refractivity contribution in [3.05, 3.63) is 0 Å². The molecule has 134 valence electrons. The number of hydrogen-bond acceptors (Lipinski definition) is 3. The average Bonchev–Trinajstić information content (AvgIpc) is 2.44. The molecule has 3 heteroatoms. The first-order valence-corrected chi connectivity index (χ1v) is 9.85. The Balaban J connectivity index is 1.42. The highest BCUT2D eigenvalue weighted by Gasteiger charge is 2.45. The molecule has 4 rings (SSSR count). The second-order valence-electron chi connectivity index (χ2n) is 10.6. The molecule has 0 aromatic heterocycles. The molecule has 0 radical (unpaired) electrons. The van der Waals surface area contributed by atoms with Crippen molar-refractivity contribution in [2.24, 2.45) is 11.3 Å². The highest BCUT2D eigenvalue weighted by atomic mass is 15.4. The first-order chi connectivity index (χ1) is 10.6. The standard InChI is InChI=1S/C20H39N3/c1-19(2,3)15-23-17-11-18(23)14-21(13-17)12-16-7-9-22(10-8-16)20(4,5)6/h16-18H,7-15H2,1-6H3. The van der Waals surface area contributed by atoms with Crippen LogP contribution in [-0.4, -0.2) is 71.6 Å². The third-order valence-corrected chi connectivity index (χ3v) is 6.16. The number of fused-ring (bicyclic) bond motifs is 2. The molecule has 2 unspecified atom stereocenters. The molecule has 2 atom stereocenters. The van der Waals surface area contributed by atoms with Gasteiger partial charge in [-0.05, 0) is 64.5 Å². The largest absolute Gasteiger partial charge is 0.300 e. The number of rotatable bonds is 3. The zero-order valence-corrected chi connectivity index (χ0v) is 16.4. The number of hydrogen-bond donors (Lipinski definition) is 0. The molecule has 0 aromatic carbocycles. The highest BCUT2D eigenvalue weighted by Crippen LogP contribution is 2.36. The first kappa shape index (κ1) is 17.7. The minimum absolute atomic E-state index is 0.352. The van der Waals surface area contributed by atoms with Crippen LogP contribution in [0.1, 0.15) is 60.8 Å². The predicted molar refractivity (Wildman–Crippen MR) is 98.8 cm³/mol. The quantitative estimate of drug-likeness (QED) is 0.790. The fraction of sp³-hybridized carbons (Fsp3) is 1.00. The fourth-order valence-corrected chi connectivity index (χ4v) is 4.88. The minimum Gasteiger partial charge on any atom is -0.300 e. The summed E-state index contributed by atoms with van der Waals surface area (Å²) in [6.45, 7) is 22.1. The van der Waals surface area contributed by atoms with Gasteiger partial charge in [-0.15, -0.1) is 0 Å². The van der Waals surface area contributed by atoms with E-state index < -0.39 is 0 Å². The summed E-state index contributed by atoms with van der Waals surface area (Å²) in [6, 6.07) is 1.70. The highest BCUT2D eigenvalue weighted by molar-refractivity contribution is 5.02. The van der Waals surface area contributed by atoms with Gasteiger partial charge in [0.15, 0.2) is 0 Å². The molecule has 4 aliphatic heterocycles. The molecule has 4 saturated heterocycles. The van der Waals surface area contributed by atoms with E-state index in [1.165, 1.54) is 58.5 Å². The van der Waals surface area contributed by atoms with Crippen LogP contribution in [0.2, 0.25) is 0 Å². The lowest BCUT2D eigenvalue weighted by Crippen LogP contribution is -2.70. The molecular weight excluding hydrogens is 282 g/mol. The molecule has 4 aliphatic rings. The van der Waals surface area contributed by atoms with E-state index in [4.69, 9.17) is 0 Å². The Hall–Kier alpha value is -0.120. The smallest absolute Gasteiger partial charge is 0.0242 e. The summed E-state index contributed by atoms with van der Waals surface area (Å²) in [4.78, 5) is 8.25. The Labute approximate surface area is 144 Å². The summed E-state index contributed by atoms with van der Waals surface area (Å²) in [5.41, 5.74) is 0.796. The summed E-state index contributed by atoms with van der Waals surface area (Å²) in [5, 5.41) is 0. The van der Waals surface area contributed by atoms with E-state index in [-0.39, 0.29) is 0 Å². The average molecular weight is 322 g/mol.